The summed E-state index contributed by atoms with van der Waals surface area (Å²) < 4.78 is 1.80. The van der Waals surface area contributed by atoms with Crippen molar-refractivity contribution in [2.75, 3.05) is 6.61 Å². The average molecular weight is 200 g/mol. The van der Waals surface area contributed by atoms with E-state index in [1.54, 1.807) is 17.0 Å². The van der Waals surface area contributed by atoms with Crippen LogP contribution < -0.4 is 0 Å². The van der Waals surface area contributed by atoms with Crippen molar-refractivity contribution in [1.29, 1.82) is 0 Å². The number of hydrogen-bond donors (Lipinski definition) is 1. The van der Waals surface area contributed by atoms with E-state index in [0.29, 0.717) is 0 Å². The fourth-order valence-corrected chi connectivity index (χ4v) is 1.43. The van der Waals surface area contributed by atoms with Gasteiger partial charge in [0.05, 0.1) is 12.3 Å². The number of nitrogens with zero attached hydrogens (tertiary/aromatic N) is 2. The summed E-state index contributed by atoms with van der Waals surface area (Å²) in [5.41, 5.74) is 2.04. The molecule has 1 heterocycles. The summed E-state index contributed by atoms with van der Waals surface area (Å²) in [6.45, 7) is 0.0490. The van der Waals surface area contributed by atoms with Gasteiger partial charge in [0.25, 0.3) is 0 Å². The summed E-state index contributed by atoms with van der Waals surface area (Å²) in [5.74, 6) is 0. The van der Waals surface area contributed by atoms with Gasteiger partial charge >= 0.3 is 0 Å². The Kier molecular flexibility index (Phi) is 2.95. The maximum absolute atomic E-state index is 8.74. The molecule has 0 atom stereocenters. The fraction of sp³-hybridized carbons (Fsp3) is 0.0833. The predicted octanol–water partition coefficient (Wildman–Crippen LogP) is 1.88. The Morgan fingerprint density at radius 3 is 2.87 bits per heavy atom. The molecule has 0 unspecified atom stereocenters. The van der Waals surface area contributed by atoms with E-state index in [1.807, 2.05) is 42.6 Å². The summed E-state index contributed by atoms with van der Waals surface area (Å²) in [6, 6.07) is 9.79. The molecule has 0 amide bonds. The third kappa shape index (κ3) is 2.14. The van der Waals surface area contributed by atoms with Gasteiger partial charge in [-0.15, -0.1) is 0 Å². The van der Waals surface area contributed by atoms with E-state index in [1.165, 1.54) is 0 Å². The normalized spacial score (nSPS) is 11.0. The van der Waals surface area contributed by atoms with Crippen LogP contribution in [0.2, 0.25) is 0 Å². The second-order valence-electron chi connectivity index (χ2n) is 3.09. The summed E-state index contributed by atoms with van der Waals surface area (Å²) in [7, 11) is 0. The minimum Gasteiger partial charge on any atom is -0.392 e. The van der Waals surface area contributed by atoms with E-state index in [9.17, 15) is 0 Å². The first-order valence-corrected chi connectivity index (χ1v) is 4.78. The van der Waals surface area contributed by atoms with Gasteiger partial charge < -0.3 is 5.11 Å². The third-order valence-corrected chi connectivity index (χ3v) is 2.09. The van der Waals surface area contributed by atoms with Crippen molar-refractivity contribution in [3.8, 4) is 5.69 Å². The standard InChI is InChI=1S/C12H12N2O/c15-10-3-6-11-5-1-2-7-12(11)14-9-4-8-13-14/h1-9,15H,10H2/b6-3+. The minimum absolute atomic E-state index is 0.0490. The monoisotopic (exact) mass is 200 g/mol. The largest absolute Gasteiger partial charge is 0.392 e. The van der Waals surface area contributed by atoms with Crippen molar-refractivity contribution in [2.24, 2.45) is 0 Å². The van der Waals surface area contributed by atoms with Crippen LogP contribution in [-0.2, 0) is 0 Å². The summed E-state index contributed by atoms with van der Waals surface area (Å²) in [5, 5.41) is 12.9. The molecule has 2 rings (SSSR count). The van der Waals surface area contributed by atoms with Gasteiger partial charge in [0.15, 0.2) is 0 Å². The third-order valence-electron chi connectivity index (χ3n) is 2.09. The molecule has 0 saturated heterocycles. The van der Waals surface area contributed by atoms with Crippen LogP contribution in [0.1, 0.15) is 5.56 Å². The van der Waals surface area contributed by atoms with Gasteiger partial charge in [-0.3, -0.25) is 0 Å². The molecule has 0 aliphatic rings. The number of benzene rings is 1. The van der Waals surface area contributed by atoms with Crippen molar-refractivity contribution < 1.29 is 5.11 Å². The van der Waals surface area contributed by atoms with Crippen LogP contribution in [0, 0.1) is 0 Å². The van der Waals surface area contributed by atoms with Crippen LogP contribution in [0.5, 0.6) is 0 Å². The minimum atomic E-state index is 0.0490. The van der Waals surface area contributed by atoms with E-state index < -0.39 is 0 Å². The van der Waals surface area contributed by atoms with Crippen LogP contribution in [0.3, 0.4) is 0 Å². The van der Waals surface area contributed by atoms with Gasteiger partial charge in [-0.2, -0.15) is 5.10 Å². The van der Waals surface area contributed by atoms with Crippen molar-refractivity contribution in [1.82, 2.24) is 9.78 Å². The molecule has 0 spiro atoms. The predicted molar refractivity (Wildman–Crippen MR) is 59.7 cm³/mol. The fourth-order valence-electron chi connectivity index (χ4n) is 1.43. The zero-order valence-corrected chi connectivity index (χ0v) is 8.24. The Hall–Kier alpha value is -1.87. The van der Waals surface area contributed by atoms with Gasteiger partial charge in [0.1, 0.15) is 0 Å². The molecule has 15 heavy (non-hydrogen) atoms. The van der Waals surface area contributed by atoms with Crippen molar-refractivity contribution >= 4 is 6.08 Å². The Balaban J connectivity index is 2.43. The Morgan fingerprint density at radius 1 is 1.27 bits per heavy atom. The van der Waals surface area contributed by atoms with Crippen LogP contribution in [-0.4, -0.2) is 21.5 Å². The maximum atomic E-state index is 8.74. The molecule has 0 aliphatic heterocycles. The van der Waals surface area contributed by atoms with Gasteiger partial charge in [0.2, 0.25) is 0 Å². The van der Waals surface area contributed by atoms with Gasteiger partial charge in [-0.05, 0) is 17.7 Å². The molecule has 0 saturated carbocycles. The van der Waals surface area contributed by atoms with E-state index >= 15 is 0 Å². The highest BCUT2D eigenvalue weighted by molar-refractivity contribution is 5.60. The molecule has 0 fully saturated rings. The molecule has 3 heteroatoms. The highest BCUT2D eigenvalue weighted by Gasteiger charge is 1.99. The number of para-hydroxylation sites is 1. The molecule has 76 valence electrons. The molecule has 0 radical (unpaired) electrons. The summed E-state index contributed by atoms with van der Waals surface area (Å²) in [6.07, 6.45) is 7.23. The molecule has 2 aromatic rings. The highest BCUT2D eigenvalue weighted by atomic mass is 16.2. The highest BCUT2D eigenvalue weighted by Crippen LogP contribution is 2.14. The van der Waals surface area contributed by atoms with Gasteiger partial charge in [-0.1, -0.05) is 30.4 Å². The Morgan fingerprint density at radius 2 is 2.13 bits per heavy atom. The van der Waals surface area contributed by atoms with Gasteiger partial charge in [-0.25, -0.2) is 4.68 Å². The van der Waals surface area contributed by atoms with E-state index in [2.05, 4.69) is 5.10 Å². The number of aliphatic hydroxyl groups is 1. The van der Waals surface area contributed by atoms with Crippen LogP contribution in [0.25, 0.3) is 11.8 Å². The number of rotatable bonds is 3. The molecular formula is C12H12N2O. The molecule has 1 aromatic carbocycles. The Bertz CT molecular complexity index is 446. The lowest BCUT2D eigenvalue weighted by Gasteiger charge is -2.05. The average Bonchev–Trinajstić information content (AvgIpc) is 2.80. The van der Waals surface area contributed by atoms with E-state index in [-0.39, 0.29) is 6.61 Å². The lowest BCUT2D eigenvalue weighted by molar-refractivity contribution is 0.343. The zero-order chi connectivity index (χ0) is 10.5. The first-order chi connectivity index (χ1) is 7.42. The molecule has 0 aliphatic carbocycles. The lowest BCUT2D eigenvalue weighted by Crippen LogP contribution is -1.96. The summed E-state index contributed by atoms with van der Waals surface area (Å²) in [4.78, 5) is 0. The molecule has 0 bridgehead atoms. The number of aromatic nitrogens is 2. The topological polar surface area (TPSA) is 38.0 Å². The quantitative estimate of drug-likeness (QED) is 0.821. The van der Waals surface area contributed by atoms with E-state index in [0.717, 1.165) is 11.3 Å². The molecule has 1 N–H and O–H groups in total. The first-order valence-electron chi connectivity index (χ1n) is 4.78. The smallest absolute Gasteiger partial charge is 0.0717 e. The zero-order valence-electron chi connectivity index (χ0n) is 8.24. The molecule has 1 aromatic heterocycles. The maximum Gasteiger partial charge on any atom is 0.0717 e. The first kappa shape index (κ1) is 9.68. The van der Waals surface area contributed by atoms with E-state index in [4.69, 9.17) is 5.11 Å². The molecule has 3 nitrogen and oxygen atoms in total. The van der Waals surface area contributed by atoms with Crippen molar-refractivity contribution in [3.05, 3.63) is 54.4 Å². The SMILES string of the molecule is OC/C=C/c1ccccc1-n1cccn1. The van der Waals surface area contributed by atoms with Crippen LogP contribution in [0.15, 0.2) is 48.8 Å². The van der Waals surface area contributed by atoms with Crippen molar-refractivity contribution in [3.63, 3.8) is 0 Å². The van der Waals surface area contributed by atoms with Crippen molar-refractivity contribution in [2.45, 2.75) is 0 Å². The molecular weight excluding hydrogens is 188 g/mol. The number of hydrogen-bond acceptors (Lipinski definition) is 2. The second kappa shape index (κ2) is 4.57. The second-order valence-corrected chi connectivity index (χ2v) is 3.09. The summed E-state index contributed by atoms with van der Waals surface area (Å²) >= 11 is 0. The number of aliphatic hydroxyl groups excluding tert-OH is 1. The van der Waals surface area contributed by atoms with Crippen LogP contribution in [0.4, 0.5) is 0 Å². The van der Waals surface area contributed by atoms with Gasteiger partial charge in [0, 0.05) is 12.4 Å². The van der Waals surface area contributed by atoms with Crippen LogP contribution >= 0.6 is 0 Å². The Labute approximate surface area is 88.3 Å². The lowest BCUT2D eigenvalue weighted by atomic mass is 10.1.